The Kier molecular flexibility index (Phi) is 6.10. The van der Waals surface area contributed by atoms with Crippen molar-refractivity contribution in [3.8, 4) is 0 Å². The zero-order valence-corrected chi connectivity index (χ0v) is 13.4. The van der Waals surface area contributed by atoms with Gasteiger partial charge in [-0.05, 0) is 33.4 Å². The first-order chi connectivity index (χ1) is 10.1. The van der Waals surface area contributed by atoms with Crippen molar-refractivity contribution in [1.82, 2.24) is 0 Å². The van der Waals surface area contributed by atoms with Gasteiger partial charge in [-0.2, -0.15) is 0 Å². The number of aliphatic hydroxyl groups is 1. The normalized spacial score (nSPS) is 12.4. The minimum absolute atomic E-state index is 0.103. The molecule has 0 fully saturated rings. The van der Waals surface area contributed by atoms with E-state index in [9.17, 15) is 13.9 Å². The minimum atomic E-state index is -0.790. The molecule has 1 atom stereocenters. The van der Waals surface area contributed by atoms with Crippen molar-refractivity contribution in [2.45, 2.75) is 12.7 Å². The number of halogens is 3. The zero-order valence-electron chi connectivity index (χ0n) is 11.0. The fourth-order valence-electron chi connectivity index (χ4n) is 1.68. The Labute approximate surface area is 133 Å². The number of hydrogen-bond donors (Lipinski definition) is 2. The van der Waals surface area contributed by atoms with E-state index in [2.05, 4.69) is 21.2 Å². The van der Waals surface area contributed by atoms with Crippen molar-refractivity contribution in [3.63, 3.8) is 0 Å². The van der Waals surface area contributed by atoms with Gasteiger partial charge in [0.1, 0.15) is 11.6 Å². The quantitative estimate of drug-likeness (QED) is 0.771. The van der Waals surface area contributed by atoms with Crippen LogP contribution in [-0.2, 0) is 11.3 Å². The number of hydrogen-bond acceptors (Lipinski definition) is 4. The summed E-state index contributed by atoms with van der Waals surface area (Å²) in [6, 6.07) is 5.81. The monoisotopic (exact) mass is 377 g/mol. The maximum atomic E-state index is 13.6. The third-order valence-corrected chi connectivity index (χ3v) is 4.13. The molecule has 114 valence electrons. The van der Waals surface area contributed by atoms with Gasteiger partial charge in [0.05, 0.1) is 25.0 Å². The summed E-state index contributed by atoms with van der Waals surface area (Å²) in [5, 5.41) is 14.5. The molecule has 21 heavy (non-hydrogen) atoms. The van der Waals surface area contributed by atoms with Gasteiger partial charge in [0.25, 0.3) is 0 Å². The van der Waals surface area contributed by atoms with Crippen LogP contribution in [0.25, 0.3) is 0 Å². The summed E-state index contributed by atoms with van der Waals surface area (Å²) in [4.78, 5) is 1.07. The topological polar surface area (TPSA) is 41.5 Å². The van der Waals surface area contributed by atoms with Crippen LogP contribution in [0.3, 0.4) is 0 Å². The molecule has 1 aromatic heterocycles. The summed E-state index contributed by atoms with van der Waals surface area (Å²) in [5.74, 6) is -1.38. The molecule has 0 spiro atoms. The summed E-state index contributed by atoms with van der Waals surface area (Å²) < 4.78 is 32.1. The molecule has 1 unspecified atom stereocenters. The standard InChI is InChI=1S/C14H14BrF2NO2S/c15-12-4-9(16)5-13(17)14(12)18-6-10(19)7-20-8-11-2-1-3-21-11/h1-5,10,18-19H,6-8H2. The van der Waals surface area contributed by atoms with Crippen molar-refractivity contribution >= 4 is 33.0 Å². The highest BCUT2D eigenvalue weighted by Crippen LogP contribution is 2.26. The summed E-state index contributed by atoms with van der Waals surface area (Å²) in [7, 11) is 0. The molecule has 1 aromatic carbocycles. The van der Waals surface area contributed by atoms with Crippen LogP contribution >= 0.6 is 27.3 Å². The molecular formula is C14H14BrF2NO2S. The molecular weight excluding hydrogens is 364 g/mol. The fraction of sp³-hybridized carbons (Fsp3) is 0.286. The predicted molar refractivity (Wildman–Crippen MR) is 82.5 cm³/mol. The summed E-state index contributed by atoms with van der Waals surface area (Å²) >= 11 is 4.65. The highest BCUT2D eigenvalue weighted by molar-refractivity contribution is 9.10. The Morgan fingerprint density at radius 3 is 2.86 bits per heavy atom. The highest BCUT2D eigenvalue weighted by atomic mass is 79.9. The Morgan fingerprint density at radius 1 is 1.38 bits per heavy atom. The van der Waals surface area contributed by atoms with Gasteiger partial charge in [-0.15, -0.1) is 11.3 Å². The Bertz CT molecular complexity index is 557. The van der Waals surface area contributed by atoms with Crippen LogP contribution < -0.4 is 5.32 Å². The van der Waals surface area contributed by atoms with Gasteiger partial charge in [-0.3, -0.25) is 0 Å². The van der Waals surface area contributed by atoms with Gasteiger partial charge < -0.3 is 15.2 Å². The minimum Gasteiger partial charge on any atom is -0.389 e. The molecule has 0 saturated carbocycles. The smallest absolute Gasteiger partial charge is 0.150 e. The first-order valence-corrected chi connectivity index (χ1v) is 7.90. The number of rotatable bonds is 7. The molecule has 2 aromatic rings. The largest absolute Gasteiger partial charge is 0.389 e. The fourth-order valence-corrected chi connectivity index (χ4v) is 2.87. The molecule has 0 saturated heterocycles. The van der Waals surface area contributed by atoms with Crippen LogP contribution in [0.2, 0.25) is 0 Å². The number of benzene rings is 1. The van der Waals surface area contributed by atoms with E-state index < -0.39 is 17.7 Å². The van der Waals surface area contributed by atoms with Crippen LogP contribution in [0.4, 0.5) is 14.5 Å². The second-order valence-electron chi connectivity index (χ2n) is 4.37. The molecule has 0 aliphatic rings. The van der Waals surface area contributed by atoms with Gasteiger partial charge in [-0.1, -0.05) is 6.07 Å². The van der Waals surface area contributed by atoms with Crippen LogP contribution in [0.5, 0.6) is 0 Å². The molecule has 2 rings (SSSR count). The van der Waals surface area contributed by atoms with Crippen LogP contribution in [-0.4, -0.2) is 24.4 Å². The van der Waals surface area contributed by atoms with Crippen LogP contribution in [0.15, 0.2) is 34.1 Å². The SMILES string of the molecule is OC(CNc1c(F)cc(F)cc1Br)COCc1cccs1. The molecule has 0 aliphatic carbocycles. The second kappa shape index (κ2) is 7.84. The molecule has 0 aliphatic heterocycles. The number of aliphatic hydroxyl groups excluding tert-OH is 1. The third kappa shape index (κ3) is 5.03. The molecule has 3 nitrogen and oxygen atoms in total. The molecule has 2 N–H and O–H groups in total. The number of nitrogens with one attached hydrogen (secondary N) is 1. The molecule has 0 bridgehead atoms. The lowest BCUT2D eigenvalue weighted by Crippen LogP contribution is -2.25. The lowest BCUT2D eigenvalue weighted by Gasteiger charge is -2.14. The van der Waals surface area contributed by atoms with Gasteiger partial charge in [0.2, 0.25) is 0 Å². The van der Waals surface area contributed by atoms with Gasteiger partial charge in [-0.25, -0.2) is 8.78 Å². The average molecular weight is 378 g/mol. The van der Waals surface area contributed by atoms with Gasteiger partial charge in [0, 0.05) is 22.0 Å². The van der Waals surface area contributed by atoms with Crippen molar-refractivity contribution in [3.05, 3.63) is 50.6 Å². The lowest BCUT2D eigenvalue weighted by molar-refractivity contribution is 0.0358. The first kappa shape index (κ1) is 16.4. The number of ether oxygens (including phenoxy) is 1. The Balaban J connectivity index is 1.77. The first-order valence-electron chi connectivity index (χ1n) is 6.23. The third-order valence-electron chi connectivity index (χ3n) is 2.66. The summed E-state index contributed by atoms with van der Waals surface area (Å²) in [5.41, 5.74) is 0.119. The second-order valence-corrected chi connectivity index (χ2v) is 6.26. The van der Waals surface area contributed by atoms with E-state index in [-0.39, 0.29) is 23.3 Å². The van der Waals surface area contributed by atoms with Crippen molar-refractivity contribution in [2.75, 3.05) is 18.5 Å². The maximum Gasteiger partial charge on any atom is 0.150 e. The van der Waals surface area contributed by atoms with Crippen molar-refractivity contribution in [1.29, 1.82) is 0 Å². The zero-order chi connectivity index (χ0) is 15.2. The van der Waals surface area contributed by atoms with Gasteiger partial charge >= 0.3 is 0 Å². The lowest BCUT2D eigenvalue weighted by atomic mass is 10.2. The van der Waals surface area contributed by atoms with Crippen LogP contribution in [0, 0.1) is 11.6 Å². The average Bonchev–Trinajstić information content (AvgIpc) is 2.90. The number of thiophene rings is 1. The van der Waals surface area contributed by atoms with E-state index in [0.717, 1.165) is 17.0 Å². The van der Waals surface area contributed by atoms with Crippen molar-refractivity contribution < 1.29 is 18.6 Å². The highest BCUT2D eigenvalue weighted by Gasteiger charge is 2.11. The van der Waals surface area contributed by atoms with E-state index in [0.29, 0.717) is 6.61 Å². The van der Waals surface area contributed by atoms with E-state index in [1.807, 2.05) is 17.5 Å². The predicted octanol–water partition coefficient (Wildman–Crippen LogP) is 3.78. The van der Waals surface area contributed by atoms with E-state index in [4.69, 9.17) is 4.74 Å². The van der Waals surface area contributed by atoms with Gasteiger partial charge in [0.15, 0.2) is 0 Å². The molecule has 1 heterocycles. The molecule has 0 amide bonds. The Hall–Kier alpha value is -1.02. The van der Waals surface area contributed by atoms with Crippen molar-refractivity contribution in [2.24, 2.45) is 0 Å². The number of anilines is 1. The molecule has 0 radical (unpaired) electrons. The maximum absolute atomic E-state index is 13.6. The van der Waals surface area contributed by atoms with E-state index >= 15 is 0 Å². The van der Waals surface area contributed by atoms with E-state index in [1.54, 1.807) is 11.3 Å². The van der Waals surface area contributed by atoms with E-state index in [1.165, 1.54) is 0 Å². The summed E-state index contributed by atoms with van der Waals surface area (Å²) in [6.07, 6.45) is -0.790. The summed E-state index contributed by atoms with van der Waals surface area (Å²) in [6.45, 7) is 0.667. The Morgan fingerprint density at radius 2 is 2.19 bits per heavy atom. The van der Waals surface area contributed by atoms with Crippen LogP contribution in [0.1, 0.15) is 4.88 Å². The molecule has 7 heteroatoms.